The van der Waals surface area contributed by atoms with Gasteiger partial charge in [0.1, 0.15) is 6.10 Å². The van der Waals surface area contributed by atoms with E-state index in [0.717, 1.165) is 11.1 Å². The zero-order chi connectivity index (χ0) is 19.2. The molecule has 2 aromatic carbocycles. The smallest absolute Gasteiger partial charge is 0.105 e. The van der Waals surface area contributed by atoms with Crippen LogP contribution in [0.3, 0.4) is 0 Å². The molecule has 4 heteroatoms. The van der Waals surface area contributed by atoms with E-state index in [1.54, 1.807) is 6.08 Å². The van der Waals surface area contributed by atoms with E-state index in [1.165, 1.54) is 0 Å². The Kier molecular flexibility index (Phi) is 10.4. The summed E-state index contributed by atoms with van der Waals surface area (Å²) in [6.45, 7) is 8.75. The molecule has 0 aliphatic rings. The minimum absolute atomic E-state index is 0.00840. The van der Waals surface area contributed by atoms with Gasteiger partial charge in [-0.05, 0) is 18.1 Å². The molecule has 4 nitrogen and oxygen atoms in total. The first-order valence-electron chi connectivity index (χ1n) is 9.35. The molecule has 2 atom stereocenters. The standard InChI is InChI=1S/C23H30O4/c1-3-14-24-18-23(27-17-22-12-8-5-9-13-22)19-25-15-20(2)26-16-21-10-6-4-7-11-21/h3-13,20,23H,1,14-19H2,2H3. The highest BCUT2D eigenvalue weighted by molar-refractivity contribution is 5.14. The van der Waals surface area contributed by atoms with Crippen LogP contribution >= 0.6 is 0 Å². The molecule has 0 heterocycles. The van der Waals surface area contributed by atoms with Gasteiger partial charge in [-0.1, -0.05) is 66.7 Å². The van der Waals surface area contributed by atoms with Gasteiger partial charge in [0.2, 0.25) is 0 Å². The number of ether oxygens (including phenoxy) is 4. The third kappa shape index (κ3) is 9.50. The largest absolute Gasteiger partial charge is 0.376 e. The Morgan fingerprint density at radius 3 is 1.93 bits per heavy atom. The molecule has 0 bridgehead atoms. The van der Waals surface area contributed by atoms with Gasteiger partial charge in [0.15, 0.2) is 0 Å². The summed E-state index contributed by atoms with van der Waals surface area (Å²) in [6.07, 6.45) is 1.61. The van der Waals surface area contributed by atoms with Crippen molar-refractivity contribution in [1.82, 2.24) is 0 Å². The molecule has 146 valence electrons. The van der Waals surface area contributed by atoms with Crippen molar-refractivity contribution < 1.29 is 18.9 Å². The van der Waals surface area contributed by atoms with E-state index in [2.05, 4.69) is 18.7 Å². The van der Waals surface area contributed by atoms with Crippen molar-refractivity contribution in [2.24, 2.45) is 0 Å². The molecule has 0 amide bonds. The van der Waals surface area contributed by atoms with Crippen LogP contribution in [0, 0.1) is 0 Å². The van der Waals surface area contributed by atoms with Gasteiger partial charge in [0, 0.05) is 0 Å². The fourth-order valence-corrected chi connectivity index (χ4v) is 2.44. The van der Waals surface area contributed by atoms with Crippen LogP contribution in [0.15, 0.2) is 73.3 Å². The van der Waals surface area contributed by atoms with Gasteiger partial charge in [-0.25, -0.2) is 0 Å². The molecule has 2 unspecified atom stereocenters. The van der Waals surface area contributed by atoms with Gasteiger partial charge in [-0.3, -0.25) is 0 Å². The molecule has 0 fully saturated rings. The Morgan fingerprint density at radius 2 is 1.33 bits per heavy atom. The Labute approximate surface area is 162 Å². The average molecular weight is 370 g/mol. The molecule has 0 spiro atoms. The minimum atomic E-state index is -0.133. The molecule has 2 rings (SSSR count). The van der Waals surface area contributed by atoms with Crippen LogP contribution in [0.5, 0.6) is 0 Å². The maximum atomic E-state index is 5.96. The quantitative estimate of drug-likeness (QED) is 0.365. The second-order valence-electron chi connectivity index (χ2n) is 6.39. The van der Waals surface area contributed by atoms with E-state index in [4.69, 9.17) is 18.9 Å². The molecule has 0 N–H and O–H groups in total. The summed E-state index contributed by atoms with van der Waals surface area (Å²) in [5.74, 6) is 0. The predicted octanol–water partition coefficient (Wildman–Crippen LogP) is 4.40. The SMILES string of the molecule is C=CCOCC(COCC(C)OCc1ccccc1)OCc1ccccc1. The van der Waals surface area contributed by atoms with E-state index >= 15 is 0 Å². The van der Waals surface area contributed by atoms with Crippen LogP contribution in [0.1, 0.15) is 18.1 Å². The number of benzene rings is 2. The molecular weight excluding hydrogens is 340 g/mol. The fraction of sp³-hybridized carbons (Fsp3) is 0.391. The summed E-state index contributed by atoms with van der Waals surface area (Å²) < 4.78 is 23.1. The summed E-state index contributed by atoms with van der Waals surface area (Å²) in [6, 6.07) is 20.2. The minimum Gasteiger partial charge on any atom is -0.376 e. The van der Waals surface area contributed by atoms with Gasteiger partial charge >= 0.3 is 0 Å². The fourth-order valence-electron chi connectivity index (χ4n) is 2.44. The first-order chi connectivity index (χ1) is 13.3. The lowest BCUT2D eigenvalue weighted by molar-refractivity contribution is -0.0825. The van der Waals surface area contributed by atoms with Gasteiger partial charge in [-0.15, -0.1) is 6.58 Å². The van der Waals surface area contributed by atoms with Crippen molar-refractivity contribution in [1.29, 1.82) is 0 Å². The summed E-state index contributed by atoms with van der Waals surface area (Å²) in [4.78, 5) is 0. The van der Waals surface area contributed by atoms with Crippen molar-refractivity contribution in [3.05, 3.63) is 84.4 Å². The molecule has 2 aromatic rings. The maximum Gasteiger partial charge on any atom is 0.105 e. The van der Waals surface area contributed by atoms with Crippen LogP contribution in [-0.4, -0.2) is 38.6 Å². The van der Waals surface area contributed by atoms with Gasteiger partial charge in [-0.2, -0.15) is 0 Å². The summed E-state index contributed by atoms with van der Waals surface area (Å²) >= 11 is 0. The third-order valence-electron chi connectivity index (χ3n) is 3.90. The van der Waals surface area contributed by atoms with Crippen molar-refractivity contribution >= 4 is 0 Å². The van der Waals surface area contributed by atoms with E-state index in [-0.39, 0.29) is 12.2 Å². The summed E-state index contributed by atoms with van der Waals surface area (Å²) in [5, 5.41) is 0. The Morgan fingerprint density at radius 1 is 0.778 bits per heavy atom. The van der Waals surface area contributed by atoms with E-state index in [0.29, 0.717) is 39.6 Å². The highest BCUT2D eigenvalue weighted by Crippen LogP contribution is 2.07. The summed E-state index contributed by atoms with van der Waals surface area (Å²) in [5.41, 5.74) is 2.29. The highest BCUT2D eigenvalue weighted by atomic mass is 16.6. The molecular formula is C23H30O4. The maximum absolute atomic E-state index is 5.96. The first-order valence-corrected chi connectivity index (χ1v) is 9.35. The van der Waals surface area contributed by atoms with Crippen LogP contribution in [-0.2, 0) is 32.2 Å². The molecule has 0 radical (unpaired) electrons. The number of hydrogen-bond donors (Lipinski definition) is 0. The van der Waals surface area contributed by atoms with Crippen LogP contribution < -0.4 is 0 Å². The lowest BCUT2D eigenvalue weighted by Crippen LogP contribution is -2.28. The zero-order valence-corrected chi connectivity index (χ0v) is 16.1. The second kappa shape index (κ2) is 13.2. The monoisotopic (exact) mass is 370 g/mol. The van der Waals surface area contributed by atoms with Crippen LogP contribution in [0.2, 0.25) is 0 Å². The van der Waals surface area contributed by atoms with E-state index in [9.17, 15) is 0 Å². The Balaban J connectivity index is 1.68. The molecule has 0 aliphatic carbocycles. The zero-order valence-electron chi connectivity index (χ0n) is 16.1. The average Bonchev–Trinajstić information content (AvgIpc) is 2.72. The van der Waals surface area contributed by atoms with E-state index < -0.39 is 0 Å². The molecule has 0 aromatic heterocycles. The number of hydrogen-bond acceptors (Lipinski definition) is 4. The van der Waals surface area contributed by atoms with Crippen molar-refractivity contribution in [3.8, 4) is 0 Å². The van der Waals surface area contributed by atoms with Crippen LogP contribution in [0.4, 0.5) is 0 Å². The lowest BCUT2D eigenvalue weighted by atomic mass is 10.2. The third-order valence-corrected chi connectivity index (χ3v) is 3.90. The predicted molar refractivity (Wildman–Crippen MR) is 108 cm³/mol. The Bertz CT molecular complexity index is 615. The Hall–Kier alpha value is -1.98. The number of rotatable bonds is 14. The lowest BCUT2D eigenvalue weighted by Gasteiger charge is -2.20. The molecule has 0 saturated heterocycles. The van der Waals surface area contributed by atoms with Gasteiger partial charge < -0.3 is 18.9 Å². The highest BCUT2D eigenvalue weighted by Gasteiger charge is 2.12. The first kappa shape index (κ1) is 21.3. The topological polar surface area (TPSA) is 36.9 Å². The molecule has 27 heavy (non-hydrogen) atoms. The van der Waals surface area contributed by atoms with Crippen molar-refractivity contribution in [3.63, 3.8) is 0 Å². The van der Waals surface area contributed by atoms with Crippen molar-refractivity contribution in [2.45, 2.75) is 32.3 Å². The summed E-state index contributed by atoms with van der Waals surface area (Å²) in [7, 11) is 0. The van der Waals surface area contributed by atoms with Gasteiger partial charge in [0.05, 0.1) is 45.7 Å². The molecule has 0 saturated carbocycles. The van der Waals surface area contributed by atoms with Crippen molar-refractivity contribution in [2.75, 3.05) is 26.4 Å². The second-order valence-corrected chi connectivity index (χ2v) is 6.39. The van der Waals surface area contributed by atoms with Crippen LogP contribution in [0.25, 0.3) is 0 Å². The van der Waals surface area contributed by atoms with E-state index in [1.807, 2.05) is 55.5 Å². The molecule has 0 aliphatic heterocycles. The van der Waals surface area contributed by atoms with Gasteiger partial charge in [0.25, 0.3) is 0 Å². The normalized spacial score (nSPS) is 13.2.